The van der Waals surface area contributed by atoms with E-state index in [1.807, 2.05) is 0 Å². The molecule has 16 heavy (non-hydrogen) atoms. The van der Waals surface area contributed by atoms with Gasteiger partial charge in [0.2, 0.25) is 5.91 Å². The molecule has 0 aliphatic heterocycles. The highest BCUT2D eigenvalue weighted by atomic mass is 16.4. The summed E-state index contributed by atoms with van der Waals surface area (Å²) in [5.74, 6) is -0.922. The number of carboxylic acid groups (broad SMARTS) is 1. The molecule has 0 saturated heterocycles. The Labute approximate surface area is 95.7 Å². The first kappa shape index (κ1) is 12.7. The fraction of sp³-hybridized carbons (Fsp3) is 0.667. The molecule has 0 bridgehead atoms. The van der Waals surface area contributed by atoms with E-state index >= 15 is 0 Å². The van der Waals surface area contributed by atoms with Crippen molar-refractivity contribution >= 4 is 11.9 Å². The third-order valence-electron chi connectivity index (χ3n) is 3.09. The normalized spacial score (nSPS) is 24.8. The summed E-state index contributed by atoms with van der Waals surface area (Å²) >= 11 is 0. The van der Waals surface area contributed by atoms with E-state index in [-0.39, 0.29) is 17.7 Å². The monoisotopic (exact) mass is 225 g/mol. The molecule has 0 radical (unpaired) electrons. The van der Waals surface area contributed by atoms with Crippen LogP contribution in [-0.4, -0.2) is 23.5 Å². The minimum absolute atomic E-state index is 0.000385. The van der Waals surface area contributed by atoms with Gasteiger partial charge in [-0.2, -0.15) is 0 Å². The van der Waals surface area contributed by atoms with Crippen LogP contribution in [0.4, 0.5) is 0 Å². The second-order valence-electron chi connectivity index (χ2n) is 4.26. The average Bonchev–Trinajstić information content (AvgIpc) is 2.29. The van der Waals surface area contributed by atoms with E-state index in [0.29, 0.717) is 32.2 Å². The molecule has 0 atom stereocenters. The maximum absolute atomic E-state index is 11.7. The highest BCUT2D eigenvalue weighted by molar-refractivity contribution is 5.79. The quantitative estimate of drug-likeness (QED) is 0.551. The Morgan fingerprint density at radius 3 is 2.31 bits per heavy atom. The number of amides is 1. The van der Waals surface area contributed by atoms with Gasteiger partial charge in [-0.15, -0.1) is 6.58 Å². The first-order valence-corrected chi connectivity index (χ1v) is 5.76. The van der Waals surface area contributed by atoms with Crippen LogP contribution in [0.1, 0.15) is 32.1 Å². The topological polar surface area (TPSA) is 66.4 Å². The van der Waals surface area contributed by atoms with Gasteiger partial charge < -0.3 is 10.4 Å². The van der Waals surface area contributed by atoms with Gasteiger partial charge in [-0.3, -0.25) is 9.59 Å². The van der Waals surface area contributed by atoms with E-state index in [0.717, 1.165) is 6.42 Å². The zero-order valence-electron chi connectivity index (χ0n) is 9.45. The molecule has 0 unspecified atom stereocenters. The average molecular weight is 225 g/mol. The van der Waals surface area contributed by atoms with Crippen LogP contribution < -0.4 is 5.32 Å². The van der Waals surface area contributed by atoms with Gasteiger partial charge in [-0.1, -0.05) is 6.08 Å². The summed E-state index contributed by atoms with van der Waals surface area (Å²) in [6, 6.07) is 0. The molecule has 0 aromatic heterocycles. The summed E-state index contributed by atoms with van der Waals surface area (Å²) in [6.07, 6.45) is 5.16. The molecule has 4 heteroatoms. The lowest BCUT2D eigenvalue weighted by atomic mass is 9.81. The molecular formula is C12H19NO3. The van der Waals surface area contributed by atoms with E-state index in [2.05, 4.69) is 11.9 Å². The highest BCUT2D eigenvalue weighted by Gasteiger charge is 2.29. The van der Waals surface area contributed by atoms with Crippen molar-refractivity contribution in [2.24, 2.45) is 11.8 Å². The molecule has 2 N–H and O–H groups in total. The van der Waals surface area contributed by atoms with Crippen molar-refractivity contribution in [2.45, 2.75) is 32.1 Å². The maximum atomic E-state index is 11.7. The van der Waals surface area contributed by atoms with Crippen LogP contribution in [-0.2, 0) is 9.59 Å². The van der Waals surface area contributed by atoms with Gasteiger partial charge in [0.25, 0.3) is 0 Å². The number of nitrogens with one attached hydrogen (secondary N) is 1. The van der Waals surface area contributed by atoms with Crippen LogP contribution >= 0.6 is 0 Å². The minimum Gasteiger partial charge on any atom is -0.481 e. The molecule has 0 aromatic carbocycles. The molecule has 0 aromatic rings. The third kappa shape index (κ3) is 3.68. The molecule has 1 fully saturated rings. The van der Waals surface area contributed by atoms with Crippen molar-refractivity contribution in [3.8, 4) is 0 Å². The number of aliphatic carboxylic acids is 1. The van der Waals surface area contributed by atoms with Gasteiger partial charge in [-0.05, 0) is 32.1 Å². The van der Waals surface area contributed by atoms with Crippen LogP contribution in [0, 0.1) is 11.8 Å². The van der Waals surface area contributed by atoms with Gasteiger partial charge in [0.1, 0.15) is 0 Å². The van der Waals surface area contributed by atoms with Crippen molar-refractivity contribution in [3.05, 3.63) is 12.7 Å². The highest BCUT2D eigenvalue weighted by Crippen LogP contribution is 2.28. The minimum atomic E-state index is -0.731. The Bertz CT molecular complexity index is 267. The van der Waals surface area contributed by atoms with E-state index in [4.69, 9.17) is 5.11 Å². The lowest BCUT2D eigenvalue weighted by Gasteiger charge is -2.25. The molecule has 0 spiro atoms. The van der Waals surface area contributed by atoms with Crippen molar-refractivity contribution in [3.63, 3.8) is 0 Å². The lowest BCUT2D eigenvalue weighted by molar-refractivity contribution is -0.144. The summed E-state index contributed by atoms with van der Waals surface area (Å²) in [5, 5.41) is 11.7. The van der Waals surface area contributed by atoms with Crippen molar-refractivity contribution in [1.82, 2.24) is 5.32 Å². The fourth-order valence-electron chi connectivity index (χ4n) is 2.04. The molecular weight excluding hydrogens is 206 g/mol. The second-order valence-corrected chi connectivity index (χ2v) is 4.26. The largest absolute Gasteiger partial charge is 0.481 e. The molecule has 1 aliphatic rings. The molecule has 1 amide bonds. The summed E-state index contributed by atoms with van der Waals surface area (Å²) in [6.45, 7) is 4.21. The number of rotatable bonds is 5. The number of hydrogen-bond acceptors (Lipinski definition) is 2. The van der Waals surface area contributed by atoms with Crippen LogP contribution in [0.2, 0.25) is 0 Å². The zero-order valence-corrected chi connectivity index (χ0v) is 9.45. The van der Waals surface area contributed by atoms with E-state index in [1.165, 1.54) is 0 Å². The number of carbonyl (C=O) groups excluding carboxylic acids is 1. The molecule has 4 nitrogen and oxygen atoms in total. The van der Waals surface area contributed by atoms with Crippen LogP contribution in [0.5, 0.6) is 0 Å². The van der Waals surface area contributed by atoms with Crippen LogP contribution in [0.25, 0.3) is 0 Å². The SMILES string of the molecule is C=CCCNC(=O)C1CCC(C(=O)O)CC1. The Kier molecular flexibility index (Phi) is 5.02. The lowest BCUT2D eigenvalue weighted by Crippen LogP contribution is -2.34. The van der Waals surface area contributed by atoms with Crippen molar-refractivity contribution in [2.75, 3.05) is 6.54 Å². The summed E-state index contributed by atoms with van der Waals surface area (Å²) in [4.78, 5) is 22.4. The zero-order chi connectivity index (χ0) is 12.0. The Morgan fingerprint density at radius 2 is 1.81 bits per heavy atom. The van der Waals surface area contributed by atoms with Gasteiger partial charge in [0.15, 0.2) is 0 Å². The third-order valence-corrected chi connectivity index (χ3v) is 3.09. The molecule has 1 saturated carbocycles. The Hall–Kier alpha value is -1.32. The Morgan fingerprint density at radius 1 is 1.25 bits per heavy atom. The molecule has 0 heterocycles. The summed E-state index contributed by atoms with van der Waals surface area (Å²) in [5.41, 5.74) is 0. The second kappa shape index (κ2) is 6.30. The van der Waals surface area contributed by atoms with Gasteiger partial charge >= 0.3 is 5.97 Å². The molecule has 90 valence electrons. The maximum Gasteiger partial charge on any atom is 0.306 e. The molecule has 1 aliphatic carbocycles. The predicted molar refractivity (Wildman–Crippen MR) is 60.9 cm³/mol. The van der Waals surface area contributed by atoms with Gasteiger partial charge in [0, 0.05) is 12.5 Å². The number of carbonyl (C=O) groups is 2. The first-order valence-electron chi connectivity index (χ1n) is 5.76. The fourth-order valence-corrected chi connectivity index (χ4v) is 2.04. The first-order chi connectivity index (χ1) is 7.65. The van der Waals surface area contributed by atoms with E-state index < -0.39 is 5.97 Å². The van der Waals surface area contributed by atoms with Crippen LogP contribution in [0.15, 0.2) is 12.7 Å². The van der Waals surface area contributed by atoms with Crippen LogP contribution in [0.3, 0.4) is 0 Å². The van der Waals surface area contributed by atoms with E-state index in [1.54, 1.807) is 6.08 Å². The van der Waals surface area contributed by atoms with Gasteiger partial charge in [-0.25, -0.2) is 0 Å². The summed E-state index contributed by atoms with van der Waals surface area (Å²) < 4.78 is 0. The standard InChI is InChI=1S/C12H19NO3/c1-2-3-8-13-11(14)9-4-6-10(7-5-9)12(15)16/h2,9-10H,1,3-8H2,(H,13,14)(H,15,16). The molecule has 1 rings (SSSR count). The van der Waals surface area contributed by atoms with Crippen molar-refractivity contribution < 1.29 is 14.7 Å². The Balaban J connectivity index is 2.27. The smallest absolute Gasteiger partial charge is 0.306 e. The summed E-state index contributed by atoms with van der Waals surface area (Å²) in [7, 11) is 0. The number of hydrogen-bond donors (Lipinski definition) is 2. The van der Waals surface area contributed by atoms with Crippen molar-refractivity contribution in [1.29, 1.82) is 0 Å². The number of carboxylic acids is 1. The predicted octanol–water partition coefficient (Wildman–Crippen LogP) is 1.57. The van der Waals surface area contributed by atoms with Gasteiger partial charge in [0.05, 0.1) is 5.92 Å². The van der Waals surface area contributed by atoms with E-state index in [9.17, 15) is 9.59 Å².